The van der Waals surface area contributed by atoms with Gasteiger partial charge in [-0.3, -0.25) is 9.48 Å². The number of aryl methyl sites for hydroxylation is 1. The van der Waals surface area contributed by atoms with Crippen LogP contribution in [0.4, 0.5) is 0 Å². The van der Waals surface area contributed by atoms with E-state index in [1.807, 2.05) is 20.2 Å². The molecule has 0 aliphatic heterocycles. The fourth-order valence-corrected chi connectivity index (χ4v) is 1.30. The van der Waals surface area contributed by atoms with Crippen LogP contribution in [0.1, 0.15) is 25.3 Å². The highest BCUT2D eigenvalue weighted by Gasteiger charge is 2.05. The first-order valence-corrected chi connectivity index (χ1v) is 5.00. The van der Waals surface area contributed by atoms with E-state index in [1.165, 1.54) is 0 Å². The molecule has 1 rings (SSSR count). The summed E-state index contributed by atoms with van der Waals surface area (Å²) in [6.45, 7) is 2.72. The zero-order valence-electron chi connectivity index (χ0n) is 9.10. The molecule has 0 bridgehead atoms. The fraction of sp³-hybridized carbons (Fsp3) is 0.600. The Morgan fingerprint density at radius 3 is 3.00 bits per heavy atom. The van der Waals surface area contributed by atoms with Crippen LogP contribution in [-0.4, -0.2) is 26.9 Å². The number of carboxylic acid groups (broad SMARTS) is 1. The number of nitrogens with zero attached hydrogens (tertiary/aromatic N) is 2. The van der Waals surface area contributed by atoms with E-state index in [-0.39, 0.29) is 12.5 Å². The Hall–Kier alpha value is -1.36. The Balaban J connectivity index is 2.22. The molecule has 1 heterocycles. The summed E-state index contributed by atoms with van der Waals surface area (Å²) >= 11 is 0. The first-order valence-electron chi connectivity index (χ1n) is 5.00. The second-order valence-corrected chi connectivity index (χ2v) is 3.74. The van der Waals surface area contributed by atoms with Crippen LogP contribution in [0.5, 0.6) is 0 Å². The van der Waals surface area contributed by atoms with Crippen molar-refractivity contribution < 1.29 is 9.90 Å². The number of aliphatic carboxylic acids is 1. The van der Waals surface area contributed by atoms with Crippen LogP contribution in [0.2, 0.25) is 0 Å². The highest BCUT2D eigenvalue weighted by atomic mass is 16.4. The molecule has 5 nitrogen and oxygen atoms in total. The maximum Gasteiger partial charge on any atom is 0.303 e. The second-order valence-electron chi connectivity index (χ2n) is 3.74. The van der Waals surface area contributed by atoms with Gasteiger partial charge < -0.3 is 10.4 Å². The molecule has 0 spiro atoms. The van der Waals surface area contributed by atoms with Crippen molar-refractivity contribution in [2.45, 2.75) is 32.4 Å². The molecule has 1 aromatic heterocycles. The third kappa shape index (κ3) is 4.60. The van der Waals surface area contributed by atoms with Crippen LogP contribution in [0, 0.1) is 0 Å². The van der Waals surface area contributed by atoms with E-state index >= 15 is 0 Å². The van der Waals surface area contributed by atoms with Crippen molar-refractivity contribution >= 4 is 5.97 Å². The zero-order valence-corrected chi connectivity index (χ0v) is 9.10. The summed E-state index contributed by atoms with van der Waals surface area (Å²) in [4.78, 5) is 10.3. The second kappa shape index (κ2) is 5.50. The molecule has 1 atom stereocenters. The topological polar surface area (TPSA) is 67.2 Å². The molecule has 0 saturated carbocycles. The lowest BCUT2D eigenvalue weighted by atomic mass is 10.2. The van der Waals surface area contributed by atoms with Gasteiger partial charge in [0.25, 0.3) is 0 Å². The largest absolute Gasteiger partial charge is 0.481 e. The Morgan fingerprint density at radius 1 is 1.73 bits per heavy atom. The normalized spacial score (nSPS) is 12.7. The first-order chi connectivity index (χ1) is 7.08. The molecular formula is C10H17N3O2. The van der Waals surface area contributed by atoms with Gasteiger partial charge in [0.2, 0.25) is 0 Å². The molecule has 0 saturated heterocycles. The van der Waals surface area contributed by atoms with Crippen LogP contribution in [0.15, 0.2) is 12.4 Å². The number of carboxylic acids is 1. The maximum atomic E-state index is 10.3. The highest BCUT2D eigenvalue weighted by molar-refractivity contribution is 5.66. The van der Waals surface area contributed by atoms with E-state index in [0.29, 0.717) is 6.42 Å². The summed E-state index contributed by atoms with van der Waals surface area (Å²) in [6, 6.07) is 0.210. The maximum absolute atomic E-state index is 10.3. The van der Waals surface area contributed by atoms with Gasteiger partial charge in [0.05, 0.1) is 6.20 Å². The van der Waals surface area contributed by atoms with Crippen molar-refractivity contribution in [3.63, 3.8) is 0 Å². The number of carbonyl (C=O) groups is 1. The number of hydrogen-bond acceptors (Lipinski definition) is 3. The van der Waals surface area contributed by atoms with Crippen molar-refractivity contribution in [3.05, 3.63) is 18.0 Å². The molecule has 0 amide bonds. The summed E-state index contributed by atoms with van der Waals surface area (Å²) in [6.07, 6.45) is 4.60. The fourth-order valence-electron chi connectivity index (χ4n) is 1.30. The number of hydrogen-bond donors (Lipinski definition) is 2. The molecule has 0 aromatic carbocycles. The molecule has 1 aromatic rings. The third-order valence-electron chi connectivity index (χ3n) is 2.20. The Morgan fingerprint density at radius 2 is 2.47 bits per heavy atom. The molecule has 0 radical (unpaired) electrons. The molecule has 1 unspecified atom stereocenters. The Bertz CT molecular complexity index is 322. The van der Waals surface area contributed by atoms with E-state index in [1.54, 1.807) is 10.9 Å². The average Bonchev–Trinajstić information content (AvgIpc) is 2.58. The zero-order chi connectivity index (χ0) is 11.3. The van der Waals surface area contributed by atoms with Crippen molar-refractivity contribution in [1.82, 2.24) is 15.1 Å². The number of rotatable bonds is 6. The van der Waals surface area contributed by atoms with Crippen LogP contribution >= 0.6 is 0 Å². The van der Waals surface area contributed by atoms with Gasteiger partial charge in [0.1, 0.15) is 0 Å². The molecule has 0 fully saturated rings. The first kappa shape index (κ1) is 11.7. The molecule has 5 heteroatoms. The Kier molecular flexibility index (Phi) is 4.30. The van der Waals surface area contributed by atoms with E-state index in [4.69, 9.17) is 5.11 Å². The summed E-state index contributed by atoms with van der Waals surface area (Å²) in [7, 11) is 1.87. The average molecular weight is 211 g/mol. The highest BCUT2D eigenvalue weighted by Crippen LogP contribution is 2.00. The van der Waals surface area contributed by atoms with E-state index < -0.39 is 5.97 Å². The molecule has 2 N–H and O–H groups in total. The van der Waals surface area contributed by atoms with Gasteiger partial charge in [-0.25, -0.2) is 0 Å². The van der Waals surface area contributed by atoms with Crippen molar-refractivity contribution in [2.75, 3.05) is 0 Å². The lowest BCUT2D eigenvalue weighted by molar-refractivity contribution is -0.137. The quantitative estimate of drug-likeness (QED) is 0.729. The monoisotopic (exact) mass is 211 g/mol. The summed E-state index contributed by atoms with van der Waals surface area (Å²) in [5.74, 6) is -0.745. The molecule has 15 heavy (non-hydrogen) atoms. The van der Waals surface area contributed by atoms with Crippen molar-refractivity contribution in [2.24, 2.45) is 7.05 Å². The summed E-state index contributed by atoms with van der Waals surface area (Å²) in [5.41, 5.74) is 1.11. The lowest BCUT2D eigenvalue weighted by Gasteiger charge is -2.11. The minimum atomic E-state index is -0.745. The van der Waals surface area contributed by atoms with Crippen molar-refractivity contribution in [1.29, 1.82) is 0 Å². The standard InChI is InChI=1S/C10H17N3O2/c1-8(3-4-10(14)15)11-5-9-6-12-13(2)7-9/h6-8,11H,3-5H2,1-2H3,(H,14,15). The number of nitrogens with one attached hydrogen (secondary N) is 1. The molecular weight excluding hydrogens is 194 g/mol. The van der Waals surface area contributed by atoms with Gasteiger partial charge in [0, 0.05) is 37.8 Å². The molecule has 0 aliphatic carbocycles. The van der Waals surface area contributed by atoms with Gasteiger partial charge in [-0.15, -0.1) is 0 Å². The lowest BCUT2D eigenvalue weighted by Crippen LogP contribution is -2.25. The van der Waals surface area contributed by atoms with E-state index in [9.17, 15) is 4.79 Å². The summed E-state index contributed by atoms with van der Waals surface area (Å²) < 4.78 is 1.75. The van der Waals surface area contributed by atoms with Crippen LogP contribution < -0.4 is 5.32 Å². The van der Waals surface area contributed by atoms with Gasteiger partial charge in [-0.05, 0) is 13.3 Å². The van der Waals surface area contributed by atoms with E-state index in [0.717, 1.165) is 12.1 Å². The molecule has 84 valence electrons. The van der Waals surface area contributed by atoms with Gasteiger partial charge in [-0.1, -0.05) is 0 Å². The van der Waals surface area contributed by atoms with Crippen LogP contribution in [0.25, 0.3) is 0 Å². The summed E-state index contributed by atoms with van der Waals surface area (Å²) in [5, 5.41) is 15.8. The van der Waals surface area contributed by atoms with Gasteiger partial charge in [0.15, 0.2) is 0 Å². The minimum absolute atomic E-state index is 0.210. The predicted molar refractivity (Wildman–Crippen MR) is 56.4 cm³/mol. The van der Waals surface area contributed by atoms with Crippen LogP contribution in [-0.2, 0) is 18.4 Å². The smallest absolute Gasteiger partial charge is 0.303 e. The third-order valence-corrected chi connectivity index (χ3v) is 2.20. The van der Waals surface area contributed by atoms with Crippen LogP contribution in [0.3, 0.4) is 0 Å². The molecule has 0 aliphatic rings. The van der Waals surface area contributed by atoms with E-state index in [2.05, 4.69) is 10.4 Å². The number of aromatic nitrogens is 2. The SMILES string of the molecule is CC(CCC(=O)O)NCc1cnn(C)c1. The Labute approximate surface area is 89.1 Å². The van der Waals surface area contributed by atoms with Gasteiger partial charge >= 0.3 is 5.97 Å². The van der Waals surface area contributed by atoms with Crippen molar-refractivity contribution in [3.8, 4) is 0 Å². The predicted octanol–water partition coefficient (Wildman–Crippen LogP) is 0.763. The minimum Gasteiger partial charge on any atom is -0.481 e. The van der Waals surface area contributed by atoms with Gasteiger partial charge in [-0.2, -0.15) is 5.10 Å².